The topological polar surface area (TPSA) is 68.0 Å². The zero-order valence-electron chi connectivity index (χ0n) is 14.0. The van der Waals surface area contributed by atoms with Crippen LogP contribution in [0.2, 0.25) is 10.0 Å². The van der Waals surface area contributed by atoms with Crippen LogP contribution in [0.1, 0.15) is 28.9 Å². The maximum absolute atomic E-state index is 12.6. The Morgan fingerprint density at radius 1 is 1.04 bits per heavy atom. The highest BCUT2D eigenvalue weighted by Crippen LogP contribution is 2.33. The van der Waals surface area contributed by atoms with Crippen LogP contribution < -0.4 is 11.1 Å². The third kappa shape index (κ3) is 4.05. The minimum Gasteiger partial charge on any atom is -0.324 e. The zero-order valence-corrected chi connectivity index (χ0v) is 15.6. The van der Waals surface area contributed by atoms with Gasteiger partial charge in [0, 0.05) is 29.7 Å². The van der Waals surface area contributed by atoms with E-state index < -0.39 is 0 Å². The van der Waals surface area contributed by atoms with E-state index in [2.05, 4.69) is 10.3 Å². The lowest BCUT2D eigenvalue weighted by Gasteiger charge is -2.15. The number of aromatic nitrogens is 1. The number of halogens is 2. The molecule has 0 bridgehead atoms. The first-order valence-corrected chi connectivity index (χ1v) is 8.77. The molecule has 0 radical (unpaired) electrons. The van der Waals surface area contributed by atoms with Crippen LogP contribution >= 0.6 is 23.2 Å². The fourth-order valence-electron chi connectivity index (χ4n) is 2.65. The van der Waals surface area contributed by atoms with Gasteiger partial charge in [-0.15, -0.1) is 0 Å². The summed E-state index contributed by atoms with van der Waals surface area (Å²) >= 11 is 12.2. The van der Waals surface area contributed by atoms with Gasteiger partial charge in [-0.05, 0) is 60.0 Å². The lowest BCUT2D eigenvalue weighted by molar-refractivity contribution is 0.102. The highest BCUT2D eigenvalue weighted by molar-refractivity contribution is 6.42. The lowest BCUT2D eigenvalue weighted by atomic mass is 9.93. The summed E-state index contributed by atoms with van der Waals surface area (Å²) in [6, 6.07) is 14.1. The molecular formula is C20H17Cl2N3O. The second kappa shape index (κ2) is 7.87. The maximum Gasteiger partial charge on any atom is 0.255 e. The number of rotatable bonds is 4. The Morgan fingerprint density at radius 2 is 1.77 bits per heavy atom. The van der Waals surface area contributed by atoms with E-state index in [1.165, 1.54) is 0 Å². The molecule has 0 aliphatic rings. The minimum absolute atomic E-state index is 0.197. The van der Waals surface area contributed by atoms with E-state index in [0.717, 1.165) is 16.7 Å². The van der Waals surface area contributed by atoms with E-state index in [4.69, 9.17) is 28.9 Å². The Kier molecular flexibility index (Phi) is 5.57. The number of benzene rings is 2. The van der Waals surface area contributed by atoms with Gasteiger partial charge in [-0.3, -0.25) is 9.78 Å². The van der Waals surface area contributed by atoms with Crippen LogP contribution in [0.25, 0.3) is 11.1 Å². The second-order valence-corrected chi connectivity index (χ2v) is 6.72. The van der Waals surface area contributed by atoms with E-state index in [9.17, 15) is 4.79 Å². The van der Waals surface area contributed by atoms with Crippen molar-refractivity contribution in [1.29, 1.82) is 0 Å². The molecule has 0 spiro atoms. The average Bonchev–Trinajstić information content (AvgIpc) is 2.64. The van der Waals surface area contributed by atoms with Crippen LogP contribution in [0.5, 0.6) is 0 Å². The van der Waals surface area contributed by atoms with Gasteiger partial charge in [0.2, 0.25) is 0 Å². The number of nitrogens with zero attached hydrogens (tertiary/aromatic N) is 1. The lowest BCUT2D eigenvalue weighted by Crippen LogP contribution is -2.13. The van der Waals surface area contributed by atoms with Gasteiger partial charge in [0.25, 0.3) is 5.91 Å². The molecule has 1 unspecified atom stereocenters. The number of nitrogens with two attached hydrogens (primary N) is 1. The van der Waals surface area contributed by atoms with E-state index in [1.54, 1.807) is 42.7 Å². The number of hydrogen-bond donors (Lipinski definition) is 2. The number of nitrogens with one attached hydrogen (secondary N) is 1. The zero-order chi connectivity index (χ0) is 18.7. The predicted octanol–water partition coefficient (Wildman–Crippen LogP) is 5.33. The molecule has 3 N–H and O–H groups in total. The summed E-state index contributed by atoms with van der Waals surface area (Å²) in [5.41, 5.74) is 9.92. The molecule has 0 saturated heterocycles. The number of carbonyl (C=O) groups is 1. The molecule has 0 fully saturated rings. The molecule has 1 heterocycles. The summed E-state index contributed by atoms with van der Waals surface area (Å²) in [4.78, 5) is 16.5. The van der Waals surface area contributed by atoms with Crippen molar-refractivity contribution in [3.05, 3.63) is 82.1 Å². The first-order chi connectivity index (χ1) is 12.5. The second-order valence-electron chi connectivity index (χ2n) is 5.91. The summed E-state index contributed by atoms with van der Waals surface area (Å²) in [5.74, 6) is -0.214. The maximum atomic E-state index is 12.6. The molecule has 3 aromatic rings. The number of carbonyl (C=O) groups excluding carboxylic acids is 1. The Labute approximate surface area is 162 Å². The standard InChI is InChI=1S/C20H17Cl2N3O/c1-12(23)16-4-2-14(20(26)25-15-6-8-24-9-7-15)10-17(16)13-3-5-18(21)19(22)11-13/h2-12H,23H2,1H3,(H,24,25,26). The van der Waals surface area contributed by atoms with Gasteiger partial charge in [-0.1, -0.05) is 35.3 Å². The first-order valence-electron chi connectivity index (χ1n) is 8.02. The van der Waals surface area contributed by atoms with E-state index in [1.807, 2.05) is 25.1 Å². The van der Waals surface area contributed by atoms with Crippen molar-refractivity contribution in [3.63, 3.8) is 0 Å². The molecular weight excluding hydrogens is 369 g/mol. The number of hydrogen-bond acceptors (Lipinski definition) is 3. The van der Waals surface area contributed by atoms with Gasteiger partial charge < -0.3 is 11.1 Å². The van der Waals surface area contributed by atoms with E-state index in [0.29, 0.717) is 21.3 Å². The quantitative estimate of drug-likeness (QED) is 0.637. The van der Waals surface area contributed by atoms with Gasteiger partial charge in [0.05, 0.1) is 10.0 Å². The molecule has 1 atom stereocenters. The molecule has 1 aromatic heterocycles. The van der Waals surface area contributed by atoms with Crippen LogP contribution in [-0.4, -0.2) is 10.9 Å². The smallest absolute Gasteiger partial charge is 0.255 e. The third-order valence-electron chi connectivity index (χ3n) is 3.97. The van der Waals surface area contributed by atoms with Crippen LogP contribution in [-0.2, 0) is 0 Å². The summed E-state index contributed by atoms with van der Waals surface area (Å²) in [6.07, 6.45) is 3.24. The van der Waals surface area contributed by atoms with Gasteiger partial charge in [0.15, 0.2) is 0 Å². The highest BCUT2D eigenvalue weighted by atomic mass is 35.5. The van der Waals surface area contributed by atoms with Crippen LogP contribution in [0, 0.1) is 0 Å². The van der Waals surface area contributed by atoms with E-state index in [-0.39, 0.29) is 11.9 Å². The van der Waals surface area contributed by atoms with Crippen molar-refractivity contribution in [2.24, 2.45) is 5.73 Å². The molecule has 0 saturated carbocycles. The third-order valence-corrected chi connectivity index (χ3v) is 4.71. The van der Waals surface area contributed by atoms with Crippen molar-refractivity contribution in [2.75, 3.05) is 5.32 Å². The minimum atomic E-state index is -0.214. The van der Waals surface area contributed by atoms with Crippen molar-refractivity contribution < 1.29 is 4.79 Å². The Morgan fingerprint density at radius 3 is 2.42 bits per heavy atom. The van der Waals surface area contributed by atoms with Gasteiger partial charge >= 0.3 is 0 Å². The summed E-state index contributed by atoms with van der Waals surface area (Å²) < 4.78 is 0. The van der Waals surface area contributed by atoms with Crippen molar-refractivity contribution >= 4 is 34.8 Å². The SMILES string of the molecule is CC(N)c1ccc(C(=O)Nc2ccncc2)cc1-c1ccc(Cl)c(Cl)c1. The van der Waals surface area contributed by atoms with Crippen molar-refractivity contribution in [1.82, 2.24) is 4.98 Å². The van der Waals surface area contributed by atoms with Crippen LogP contribution in [0.15, 0.2) is 60.9 Å². The predicted molar refractivity (Wildman–Crippen MR) is 107 cm³/mol. The number of pyridine rings is 1. The van der Waals surface area contributed by atoms with Crippen LogP contribution in [0.4, 0.5) is 5.69 Å². The molecule has 4 nitrogen and oxygen atoms in total. The van der Waals surface area contributed by atoms with Crippen molar-refractivity contribution in [2.45, 2.75) is 13.0 Å². The Bertz CT molecular complexity index is 943. The normalized spacial score (nSPS) is 11.8. The molecule has 6 heteroatoms. The van der Waals surface area contributed by atoms with E-state index >= 15 is 0 Å². The molecule has 132 valence electrons. The molecule has 2 aromatic carbocycles. The molecule has 26 heavy (non-hydrogen) atoms. The van der Waals surface area contributed by atoms with Gasteiger partial charge in [-0.25, -0.2) is 0 Å². The molecule has 0 aliphatic heterocycles. The summed E-state index contributed by atoms with van der Waals surface area (Å²) in [5, 5.41) is 3.78. The fraction of sp³-hybridized carbons (Fsp3) is 0.100. The van der Waals surface area contributed by atoms with Crippen LogP contribution in [0.3, 0.4) is 0 Å². The molecule has 3 rings (SSSR count). The monoisotopic (exact) mass is 385 g/mol. The number of anilines is 1. The molecule has 0 aliphatic carbocycles. The highest BCUT2D eigenvalue weighted by Gasteiger charge is 2.14. The van der Waals surface area contributed by atoms with Gasteiger partial charge in [0.1, 0.15) is 0 Å². The molecule has 1 amide bonds. The first kappa shape index (κ1) is 18.4. The summed E-state index contributed by atoms with van der Waals surface area (Å²) in [7, 11) is 0. The fourth-order valence-corrected chi connectivity index (χ4v) is 2.94. The summed E-state index contributed by atoms with van der Waals surface area (Å²) in [6.45, 7) is 1.90. The Hall–Kier alpha value is -2.40. The van der Waals surface area contributed by atoms with Gasteiger partial charge in [-0.2, -0.15) is 0 Å². The average molecular weight is 386 g/mol. The Balaban J connectivity index is 2.01. The largest absolute Gasteiger partial charge is 0.324 e. The van der Waals surface area contributed by atoms with Crippen molar-refractivity contribution in [3.8, 4) is 11.1 Å². The number of amides is 1.